The van der Waals surface area contributed by atoms with Gasteiger partial charge in [-0.25, -0.2) is 0 Å². The number of rotatable bonds is 5. The minimum absolute atomic E-state index is 0. The van der Waals surface area contributed by atoms with Crippen molar-refractivity contribution in [3.63, 3.8) is 0 Å². The average Bonchev–Trinajstić information content (AvgIpc) is 2.76. The van der Waals surface area contributed by atoms with E-state index in [0.29, 0.717) is 13.1 Å². The van der Waals surface area contributed by atoms with Crippen molar-refractivity contribution >= 4 is 18.3 Å². The van der Waals surface area contributed by atoms with E-state index in [2.05, 4.69) is 42.2 Å². The molecule has 0 bridgehead atoms. The Bertz CT molecular complexity index is 791. The molecule has 2 aliphatic rings. The zero-order valence-electron chi connectivity index (χ0n) is 17.8. The topological polar surface area (TPSA) is 32.8 Å². The maximum absolute atomic E-state index is 13.0. The zero-order chi connectivity index (χ0) is 20.1. The second-order valence-corrected chi connectivity index (χ2v) is 8.59. The van der Waals surface area contributed by atoms with E-state index < -0.39 is 0 Å². The molecule has 0 aromatic heterocycles. The molecular weight excluding hydrogens is 396 g/mol. The number of benzene rings is 2. The van der Waals surface area contributed by atoms with Gasteiger partial charge >= 0.3 is 0 Å². The Kier molecular flexibility index (Phi) is 7.93. The molecule has 1 spiro atoms. The molecule has 2 fully saturated rings. The van der Waals surface area contributed by atoms with Crippen molar-refractivity contribution in [3.05, 3.63) is 71.8 Å². The average molecular weight is 429 g/mol. The van der Waals surface area contributed by atoms with Gasteiger partial charge in [-0.3, -0.25) is 4.79 Å². The molecule has 2 aromatic rings. The van der Waals surface area contributed by atoms with Crippen LogP contribution in [0.25, 0.3) is 0 Å². The van der Waals surface area contributed by atoms with Crippen molar-refractivity contribution in [1.29, 1.82) is 0 Å². The number of carbonyl (C=O) groups is 1. The number of piperidine rings is 1. The lowest BCUT2D eigenvalue weighted by atomic mass is 9.88. The highest BCUT2D eigenvalue weighted by Crippen LogP contribution is 2.33. The number of hydrogen-bond donors (Lipinski definition) is 0. The molecule has 4 rings (SSSR count). The van der Waals surface area contributed by atoms with Gasteiger partial charge in [0.1, 0.15) is 0 Å². The standard InChI is InChI=1S/C25H32N2O2.ClH/c1-21-19-27(24(28)23-12-6-3-7-13-23)20-25(29-21)14-17-26(18-15-25)16-8-11-22-9-4-2-5-10-22;/h2-7,9-10,12-13,21H,8,11,14-20H2,1H3;1H. The van der Waals surface area contributed by atoms with Crippen LogP contribution in [0.3, 0.4) is 0 Å². The number of likely N-dealkylation sites (tertiary alicyclic amines) is 1. The fraction of sp³-hybridized carbons (Fsp3) is 0.480. The zero-order valence-corrected chi connectivity index (χ0v) is 18.7. The number of halogens is 1. The Morgan fingerprint density at radius 1 is 1.03 bits per heavy atom. The summed E-state index contributed by atoms with van der Waals surface area (Å²) in [6.07, 6.45) is 4.41. The van der Waals surface area contributed by atoms with Gasteiger partial charge in [-0.05, 0) is 56.8 Å². The molecule has 2 aliphatic heterocycles. The largest absolute Gasteiger partial charge is 0.368 e. The summed E-state index contributed by atoms with van der Waals surface area (Å²) >= 11 is 0. The van der Waals surface area contributed by atoms with Crippen molar-refractivity contribution < 1.29 is 9.53 Å². The van der Waals surface area contributed by atoms with Crippen LogP contribution in [0, 0.1) is 0 Å². The molecular formula is C25H33ClN2O2. The van der Waals surface area contributed by atoms with E-state index in [9.17, 15) is 4.79 Å². The third kappa shape index (κ3) is 5.63. The van der Waals surface area contributed by atoms with Crippen molar-refractivity contribution in [1.82, 2.24) is 9.80 Å². The molecule has 0 radical (unpaired) electrons. The first-order valence-corrected chi connectivity index (χ1v) is 10.9. The molecule has 1 unspecified atom stereocenters. The van der Waals surface area contributed by atoms with Crippen LogP contribution in [0.4, 0.5) is 0 Å². The summed E-state index contributed by atoms with van der Waals surface area (Å²) in [6.45, 7) is 6.72. The molecule has 0 N–H and O–H groups in total. The Labute approximate surface area is 186 Å². The number of aryl methyl sites for hydroxylation is 1. The highest BCUT2D eigenvalue weighted by molar-refractivity contribution is 5.94. The van der Waals surface area contributed by atoms with Crippen LogP contribution in [0.15, 0.2) is 60.7 Å². The summed E-state index contributed by atoms with van der Waals surface area (Å²) in [5.74, 6) is 0.130. The number of carbonyl (C=O) groups excluding carboxylic acids is 1. The van der Waals surface area contributed by atoms with Gasteiger partial charge in [0, 0.05) is 25.2 Å². The van der Waals surface area contributed by atoms with Gasteiger partial charge in [0.2, 0.25) is 0 Å². The summed E-state index contributed by atoms with van der Waals surface area (Å²) in [5, 5.41) is 0. The van der Waals surface area contributed by atoms with Crippen LogP contribution in [0.2, 0.25) is 0 Å². The van der Waals surface area contributed by atoms with E-state index >= 15 is 0 Å². The summed E-state index contributed by atoms with van der Waals surface area (Å²) in [7, 11) is 0. The first-order chi connectivity index (χ1) is 14.1. The van der Waals surface area contributed by atoms with Crippen molar-refractivity contribution in [2.24, 2.45) is 0 Å². The molecule has 30 heavy (non-hydrogen) atoms. The van der Waals surface area contributed by atoms with Crippen molar-refractivity contribution in [2.75, 3.05) is 32.7 Å². The molecule has 2 heterocycles. The number of morpholine rings is 1. The summed E-state index contributed by atoms with van der Waals surface area (Å²) in [6, 6.07) is 20.4. The highest BCUT2D eigenvalue weighted by atomic mass is 35.5. The van der Waals surface area contributed by atoms with Gasteiger partial charge in [0.15, 0.2) is 0 Å². The van der Waals surface area contributed by atoms with Gasteiger partial charge in [0.05, 0.1) is 18.2 Å². The maximum atomic E-state index is 13.0. The number of amides is 1. The molecule has 0 saturated carbocycles. The Morgan fingerprint density at radius 3 is 2.33 bits per heavy atom. The number of ether oxygens (including phenoxy) is 1. The van der Waals surface area contributed by atoms with Crippen LogP contribution >= 0.6 is 12.4 Å². The lowest BCUT2D eigenvalue weighted by Gasteiger charge is -2.49. The summed E-state index contributed by atoms with van der Waals surface area (Å²) in [5.41, 5.74) is 2.01. The van der Waals surface area contributed by atoms with Crippen molar-refractivity contribution in [2.45, 2.75) is 44.3 Å². The van der Waals surface area contributed by atoms with Gasteiger partial charge < -0.3 is 14.5 Å². The predicted octanol–water partition coefficient (Wildman–Crippen LogP) is 4.44. The second kappa shape index (κ2) is 10.4. The van der Waals surface area contributed by atoms with Gasteiger partial charge in [-0.2, -0.15) is 0 Å². The van der Waals surface area contributed by atoms with Crippen LogP contribution in [0.1, 0.15) is 42.1 Å². The van der Waals surface area contributed by atoms with Crippen LogP contribution in [0.5, 0.6) is 0 Å². The molecule has 2 aromatic carbocycles. The van der Waals surface area contributed by atoms with Gasteiger partial charge in [0.25, 0.3) is 5.91 Å². The Balaban J connectivity index is 0.00000256. The molecule has 1 amide bonds. The van der Waals surface area contributed by atoms with Crippen LogP contribution in [-0.4, -0.2) is 60.1 Å². The monoisotopic (exact) mass is 428 g/mol. The fourth-order valence-electron chi connectivity index (χ4n) is 4.75. The normalized spacial score (nSPS) is 21.2. The molecule has 2 saturated heterocycles. The summed E-state index contributed by atoms with van der Waals surface area (Å²) < 4.78 is 6.43. The number of hydrogen-bond acceptors (Lipinski definition) is 3. The molecule has 5 heteroatoms. The van der Waals surface area contributed by atoms with E-state index in [4.69, 9.17) is 4.74 Å². The van der Waals surface area contributed by atoms with Gasteiger partial charge in [-0.1, -0.05) is 48.5 Å². The predicted molar refractivity (Wildman–Crippen MR) is 123 cm³/mol. The second-order valence-electron chi connectivity index (χ2n) is 8.59. The molecule has 0 aliphatic carbocycles. The van der Waals surface area contributed by atoms with Crippen LogP contribution in [-0.2, 0) is 11.2 Å². The first-order valence-electron chi connectivity index (χ1n) is 10.9. The van der Waals surface area contributed by atoms with Gasteiger partial charge in [-0.15, -0.1) is 12.4 Å². The third-order valence-corrected chi connectivity index (χ3v) is 6.27. The lowest BCUT2D eigenvalue weighted by Crippen LogP contribution is -2.60. The maximum Gasteiger partial charge on any atom is 0.254 e. The lowest BCUT2D eigenvalue weighted by molar-refractivity contribution is -0.161. The minimum Gasteiger partial charge on any atom is -0.368 e. The van der Waals surface area contributed by atoms with Crippen molar-refractivity contribution in [3.8, 4) is 0 Å². The highest BCUT2D eigenvalue weighted by Gasteiger charge is 2.43. The minimum atomic E-state index is -0.183. The quantitative estimate of drug-likeness (QED) is 0.705. The van der Waals surface area contributed by atoms with E-state index in [1.54, 1.807) is 0 Å². The SMILES string of the molecule is CC1CN(C(=O)c2ccccc2)CC2(CCN(CCCc3ccccc3)CC2)O1.Cl. The van der Waals surface area contributed by atoms with E-state index in [1.165, 1.54) is 12.0 Å². The Hall–Kier alpha value is -1.88. The van der Waals surface area contributed by atoms with E-state index in [0.717, 1.165) is 44.5 Å². The van der Waals surface area contributed by atoms with Crippen LogP contribution < -0.4 is 0 Å². The fourth-order valence-corrected chi connectivity index (χ4v) is 4.75. The number of nitrogens with zero attached hydrogens (tertiary/aromatic N) is 2. The Morgan fingerprint density at radius 2 is 1.67 bits per heavy atom. The molecule has 4 nitrogen and oxygen atoms in total. The summed E-state index contributed by atoms with van der Waals surface area (Å²) in [4.78, 5) is 17.5. The van der Waals surface area contributed by atoms with E-state index in [1.807, 2.05) is 35.2 Å². The third-order valence-electron chi connectivity index (χ3n) is 6.27. The van der Waals surface area contributed by atoms with E-state index in [-0.39, 0.29) is 30.0 Å². The first kappa shape index (κ1) is 22.8. The molecule has 162 valence electrons. The molecule has 1 atom stereocenters. The smallest absolute Gasteiger partial charge is 0.254 e.